The van der Waals surface area contributed by atoms with Gasteiger partial charge >= 0.3 is 0 Å². The first-order valence-electron chi connectivity index (χ1n) is 8.87. The smallest absolute Gasteiger partial charge is 0.185 e. The number of piperidine rings is 1. The lowest BCUT2D eigenvalue weighted by molar-refractivity contribution is 0.249. The van der Waals surface area contributed by atoms with Crippen molar-refractivity contribution in [3.63, 3.8) is 0 Å². The highest BCUT2D eigenvalue weighted by Crippen LogP contribution is 2.30. The van der Waals surface area contributed by atoms with Gasteiger partial charge in [-0.2, -0.15) is 0 Å². The molecule has 4 heteroatoms. The number of rotatable bonds is 4. The second-order valence-corrected chi connectivity index (χ2v) is 7.66. The van der Waals surface area contributed by atoms with Gasteiger partial charge in [-0.3, -0.25) is 0 Å². The van der Waals surface area contributed by atoms with Gasteiger partial charge in [-0.05, 0) is 44.7 Å². The van der Waals surface area contributed by atoms with Crippen molar-refractivity contribution in [3.05, 3.63) is 35.7 Å². The summed E-state index contributed by atoms with van der Waals surface area (Å²) in [6, 6.07) is 10.5. The molecule has 0 aliphatic carbocycles. The van der Waals surface area contributed by atoms with Crippen LogP contribution < -0.4 is 4.90 Å². The fourth-order valence-corrected chi connectivity index (χ4v) is 4.68. The molecular formula is C19H25N3S. The molecule has 3 nitrogen and oxygen atoms in total. The van der Waals surface area contributed by atoms with Crippen LogP contribution >= 0.6 is 11.3 Å². The average Bonchev–Trinajstić information content (AvgIpc) is 3.28. The minimum Gasteiger partial charge on any atom is -0.348 e. The molecule has 0 N–H and O–H groups in total. The van der Waals surface area contributed by atoms with Gasteiger partial charge < -0.3 is 9.80 Å². The van der Waals surface area contributed by atoms with Crippen molar-refractivity contribution in [1.82, 2.24) is 9.88 Å². The summed E-state index contributed by atoms with van der Waals surface area (Å²) >= 11 is 1.79. The second kappa shape index (κ2) is 7.02. The van der Waals surface area contributed by atoms with E-state index in [0.717, 1.165) is 11.6 Å². The molecule has 0 amide bonds. The summed E-state index contributed by atoms with van der Waals surface area (Å²) < 4.78 is 0. The predicted octanol–water partition coefficient (Wildman–Crippen LogP) is 4.12. The van der Waals surface area contributed by atoms with E-state index in [0.29, 0.717) is 0 Å². The molecule has 0 saturated carbocycles. The van der Waals surface area contributed by atoms with E-state index in [1.807, 2.05) is 0 Å². The third kappa shape index (κ3) is 3.59. The first-order valence-corrected chi connectivity index (χ1v) is 9.75. The van der Waals surface area contributed by atoms with Crippen LogP contribution in [0, 0.1) is 5.92 Å². The number of hydrogen-bond donors (Lipinski definition) is 0. The van der Waals surface area contributed by atoms with Gasteiger partial charge in [0.2, 0.25) is 0 Å². The van der Waals surface area contributed by atoms with Crippen LogP contribution in [0.3, 0.4) is 0 Å². The van der Waals surface area contributed by atoms with Crippen molar-refractivity contribution in [2.45, 2.75) is 25.7 Å². The van der Waals surface area contributed by atoms with Crippen molar-refractivity contribution >= 4 is 16.5 Å². The van der Waals surface area contributed by atoms with E-state index in [1.165, 1.54) is 69.1 Å². The average molecular weight is 327 g/mol. The molecule has 2 aliphatic rings. The van der Waals surface area contributed by atoms with Gasteiger partial charge in [-0.1, -0.05) is 30.3 Å². The van der Waals surface area contributed by atoms with Crippen LogP contribution in [0.1, 0.15) is 25.7 Å². The third-order valence-electron chi connectivity index (χ3n) is 5.16. The number of thiazole rings is 1. The second-order valence-electron chi connectivity index (χ2n) is 6.82. The van der Waals surface area contributed by atoms with Crippen LogP contribution in [0.25, 0.3) is 11.3 Å². The maximum atomic E-state index is 4.87. The van der Waals surface area contributed by atoms with Gasteiger partial charge in [0.15, 0.2) is 5.13 Å². The summed E-state index contributed by atoms with van der Waals surface area (Å²) in [4.78, 5) is 10.0. The van der Waals surface area contributed by atoms with E-state index in [9.17, 15) is 0 Å². The number of aromatic nitrogens is 1. The normalized spacial score (nSPS) is 20.3. The highest BCUT2D eigenvalue weighted by molar-refractivity contribution is 7.14. The zero-order valence-electron chi connectivity index (χ0n) is 13.7. The Morgan fingerprint density at radius 2 is 1.74 bits per heavy atom. The lowest BCUT2D eigenvalue weighted by atomic mass is 9.96. The fraction of sp³-hybridized carbons (Fsp3) is 0.526. The van der Waals surface area contributed by atoms with Crippen LogP contribution in [-0.4, -0.2) is 42.6 Å². The summed E-state index contributed by atoms with van der Waals surface area (Å²) in [5, 5.41) is 3.39. The Morgan fingerprint density at radius 1 is 1.00 bits per heavy atom. The minimum absolute atomic E-state index is 0.887. The SMILES string of the molecule is c1ccc(-c2csc(N3CCC(CN4CCCC4)CC3)n2)cc1. The topological polar surface area (TPSA) is 19.4 Å². The van der Waals surface area contributed by atoms with Crippen LogP contribution in [0.4, 0.5) is 5.13 Å². The summed E-state index contributed by atoms with van der Waals surface area (Å²) in [5.41, 5.74) is 2.34. The molecular weight excluding hydrogens is 302 g/mol. The molecule has 23 heavy (non-hydrogen) atoms. The van der Waals surface area contributed by atoms with Crippen molar-refractivity contribution in [1.29, 1.82) is 0 Å². The Bertz CT molecular complexity index is 611. The first kappa shape index (κ1) is 15.2. The standard InChI is InChI=1S/C19H25N3S/c1-2-6-17(7-3-1)18-15-23-19(20-18)22-12-8-16(9-13-22)14-21-10-4-5-11-21/h1-3,6-7,15-16H,4-5,8-14H2. The molecule has 0 unspecified atom stereocenters. The molecule has 0 atom stereocenters. The van der Waals surface area contributed by atoms with Crippen LogP contribution in [0.2, 0.25) is 0 Å². The number of benzene rings is 1. The number of hydrogen-bond acceptors (Lipinski definition) is 4. The fourth-order valence-electron chi connectivity index (χ4n) is 3.79. The van der Waals surface area contributed by atoms with Gasteiger partial charge in [0.05, 0.1) is 5.69 Å². The number of likely N-dealkylation sites (tertiary alicyclic amines) is 1. The summed E-state index contributed by atoms with van der Waals surface area (Å²) in [6.07, 6.45) is 5.44. The van der Waals surface area contributed by atoms with Gasteiger partial charge in [-0.15, -0.1) is 11.3 Å². The van der Waals surface area contributed by atoms with E-state index in [1.54, 1.807) is 11.3 Å². The molecule has 1 aromatic heterocycles. The molecule has 4 rings (SSSR count). The van der Waals surface area contributed by atoms with Crippen molar-refractivity contribution < 1.29 is 0 Å². The highest BCUT2D eigenvalue weighted by Gasteiger charge is 2.24. The van der Waals surface area contributed by atoms with Crippen LogP contribution in [0.5, 0.6) is 0 Å². The monoisotopic (exact) mass is 327 g/mol. The summed E-state index contributed by atoms with van der Waals surface area (Å²) in [5.74, 6) is 0.887. The number of anilines is 1. The van der Waals surface area contributed by atoms with E-state index < -0.39 is 0 Å². The Kier molecular flexibility index (Phi) is 4.62. The zero-order chi connectivity index (χ0) is 15.5. The van der Waals surface area contributed by atoms with E-state index in [-0.39, 0.29) is 0 Å². The van der Waals surface area contributed by atoms with Crippen molar-refractivity contribution in [2.75, 3.05) is 37.6 Å². The van der Waals surface area contributed by atoms with Crippen LogP contribution in [0.15, 0.2) is 35.7 Å². The predicted molar refractivity (Wildman–Crippen MR) is 98.2 cm³/mol. The van der Waals surface area contributed by atoms with Gasteiger partial charge in [0.1, 0.15) is 0 Å². The molecule has 0 bridgehead atoms. The maximum Gasteiger partial charge on any atom is 0.185 e. The van der Waals surface area contributed by atoms with Crippen molar-refractivity contribution in [3.8, 4) is 11.3 Å². The third-order valence-corrected chi connectivity index (χ3v) is 6.06. The quantitative estimate of drug-likeness (QED) is 0.842. The molecule has 1 aromatic carbocycles. The molecule has 122 valence electrons. The van der Waals surface area contributed by atoms with Gasteiger partial charge in [0.25, 0.3) is 0 Å². The van der Waals surface area contributed by atoms with E-state index in [4.69, 9.17) is 4.98 Å². The molecule has 2 fully saturated rings. The first-order chi connectivity index (χ1) is 11.4. The van der Waals surface area contributed by atoms with E-state index >= 15 is 0 Å². The highest BCUT2D eigenvalue weighted by atomic mass is 32.1. The summed E-state index contributed by atoms with van der Waals surface area (Å²) in [7, 11) is 0. The maximum absolute atomic E-state index is 4.87. The molecule has 3 heterocycles. The molecule has 0 radical (unpaired) electrons. The molecule has 2 aliphatic heterocycles. The Morgan fingerprint density at radius 3 is 2.48 bits per heavy atom. The Hall–Kier alpha value is -1.39. The van der Waals surface area contributed by atoms with E-state index in [2.05, 4.69) is 45.5 Å². The Labute approximate surface area is 143 Å². The molecule has 2 aromatic rings. The van der Waals surface area contributed by atoms with Gasteiger partial charge in [-0.25, -0.2) is 4.98 Å². The number of nitrogens with zero attached hydrogens (tertiary/aromatic N) is 3. The minimum atomic E-state index is 0.887. The Balaban J connectivity index is 1.34. The molecule has 0 spiro atoms. The summed E-state index contributed by atoms with van der Waals surface area (Å²) in [6.45, 7) is 6.31. The lowest BCUT2D eigenvalue weighted by Gasteiger charge is -2.33. The lowest BCUT2D eigenvalue weighted by Crippen LogP contribution is -2.38. The molecule has 2 saturated heterocycles. The van der Waals surface area contributed by atoms with Crippen LogP contribution in [-0.2, 0) is 0 Å². The van der Waals surface area contributed by atoms with Crippen molar-refractivity contribution in [2.24, 2.45) is 5.92 Å². The van der Waals surface area contributed by atoms with Gasteiger partial charge in [0, 0.05) is 30.6 Å². The zero-order valence-corrected chi connectivity index (χ0v) is 14.5. The largest absolute Gasteiger partial charge is 0.348 e.